The van der Waals surface area contributed by atoms with E-state index in [1.54, 1.807) is 0 Å². The van der Waals surface area contributed by atoms with Gasteiger partial charge in [-0.05, 0) is 19.1 Å². The molecule has 88 valence electrons. The Balaban J connectivity index is 3.41. The third-order valence-corrected chi connectivity index (χ3v) is 3.40. The quantitative estimate of drug-likeness (QED) is 0.740. The van der Waals surface area contributed by atoms with Crippen LogP contribution in [0.1, 0.15) is 22.9 Å². The average molecular weight is 316 g/mol. The number of carbonyl (C=O) groups is 1. The van der Waals surface area contributed by atoms with Gasteiger partial charge in [0.15, 0.2) is 0 Å². The maximum atomic E-state index is 12.7. The maximum absolute atomic E-state index is 12.7. The molecular formula is C10H7BrClF3O. The molecule has 0 spiro atoms. The highest BCUT2D eigenvalue weighted by Crippen LogP contribution is 2.40. The lowest BCUT2D eigenvalue weighted by Crippen LogP contribution is -2.13. The number of carbonyl (C=O) groups excluding carboxylic acids is 1. The molecule has 0 bridgehead atoms. The first-order chi connectivity index (χ1) is 7.25. The summed E-state index contributed by atoms with van der Waals surface area (Å²) in [5.74, 6) is -0.432. The lowest BCUT2D eigenvalue weighted by Gasteiger charge is -2.16. The molecule has 16 heavy (non-hydrogen) atoms. The molecule has 1 nitrogen and oxygen atoms in total. The number of ketones is 1. The van der Waals surface area contributed by atoms with Crippen LogP contribution in [0.4, 0.5) is 13.2 Å². The number of hydrogen-bond donors (Lipinski definition) is 0. The summed E-state index contributed by atoms with van der Waals surface area (Å²) in [5.41, 5.74) is -1.12. The van der Waals surface area contributed by atoms with Crippen molar-refractivity contribution >= 4 is 33.3 Å². The summed E-state index contributed by atoms with van der Waals surface area (Å²) < 4.78 is 38.0. The lowest BCUT2D eigenvalue weighted by molar-refractivity contribution is -0.138. The van der Waals surface area contributed by atoms with Crippen LogP contribution in [-0.4, -0.2) is 5.78 Å². The second-order valence-electron chi connectivity index (χ2n) is 3.17. The summed E-state index contributed by atoms with van der Waals surface area (Å²) in [4.78, 5) is 10.1. The Morgan fingerprint density at radius 2 is 2.00 bits per heavy atom. The summed E-state index contributed by atoms with van der Waals surface area (Å²) in [6, 6.07) is 3.43. The molecular weight excluding hydrogens is 308 g/mol. The number of alkyl halides is 4. The number of rotatable bonds is 2. The van der Waals surface area contributed by atoms with Crippen LogP contribution in [0.25, 0.3) is 0 Å². The molecule has 0 aliphatic carbocycles. The van der Waals surface area contributed by atoms with Crippen LogP contribution in [0.3, 0.4) is 0 Å². The topological polar surface area (TPSA) is 17.1 Å². The highest BCUT2D eigenvalue weighted by Gasteiger charge is 2.36. The van der Waals surface area contributed by atoms with Gasteiger partial charge in [-0.2, -0.15) is 13.2 Å². The molecule has 1 atom stereocenters. The minimum Gasteiger partial charge on any atom is -0.298 e. The number of hydrogen-bond acceptors (Lipinski definition) is 1. The molecule has 1 aromatic rings. The van der Waals surface area contributed by atoms with Crippen LogP contribution in [0.5, 0.6) is 0 Å². The van der Waals surface area contributed by atoms with Crippen molar-refractivity contribution in [2.24, 2.45) is 0 Å². The summed E-state index contributed by atoms with van der Waals surface area (Å²) in [5, 5.41) is -0.0769. The number of Topliss-reactive ketones (excluding diaryl/α,β-unsaturated/α-hetero) is 1. The van der Waals surface area contributed by atoms with Crippen LogP contribution >= 0.6 is 27.5 Å². The Labute approximate surface area is 104 Å². The van der Waals surface area contributed by atoms with E-state index in [-0.39, 0.29) is 10.6 Å². The van der Waals surface area contributed by atoms with Gasteiger partial charge < -0.3 is 0 Å². The van der Waals surface area contributed by atoms with Gasteiger partial charge in [-0.15, -0.1) is 0 Å². The molecule has 1 rings (SSSR count). The third-order valence-electron chi connectivity index (χ3n) is 1.97. The maximum Gasteiger partial charge on any atom is 0.416 e. The molecule has 0 saturated heterocycles. The van der Waals surface area contributed by atoms with E-state index in [1.165, 1.54) is 19.1 Å². The Morgan fingerprint density at radius 1 is 1.44 bits per heavy atom. The van der Waals surface area contributed by atoms with E-state index in [0.717, 1.165) is 6.07 Å². The Bertz CT molecular complexity index is 417. The minimum atomic E-state index is -4.53. The SMILES string of the molecule is CC(=O)C(Br)c1c(Cl)cccc1C(F)(F)F. The first-order valence-electron chi connectivity index (χ1n) is 4.25. The molecule has 0 radical (unpaired) electrons. The highest BCUT2D eigenvalue weighted by molar-refractivity contribution is 9.09. The van der Waals surface area contributed by atoms with Gasteiger partial charge in [0, 0.05) is 10.6 Å². The number of halogens is 5. The van der Waals surface area contributed by atoms with Crippen molar-refractivity contribution in [1.29, 1.82) is 0 Å². The standard InChI is InChI=1S/C10H7BrClF3O/c1-5(16)9(11)8-6(10(13,14)15)3-2-4-7(8)12/h2-4,9H,1H3. The highest BCUT2D eigenvalue weighted by atomic mass is 79.9. The van der Waals surface area contributed by atoms with Crippen molar-refractivity contribution in [2.75, 3.05) is 0 Å². The zero-order chi connectivity index (χ0) is 12.5. The predicted molar refractivity (Wildman–Crippen MR) is 58.8 cm³/mol. The van der Waals surface area contributed by atoms with E-state index < -0.39 is 22.4 Å². The van der Waals surface area contributed by atoms with Crippen LogP contribution in [0.15, 0.2) is 18.2 Å². The van der Waals surface area contributed by atoms with Gasteiger partial charge in [-0.3, -0.25) is 4.79 Å². The normalized spacial score (nSPS) is 13.6. The molecule has 0 aromatic heterocycles. The van der Waals surface area contributed by atoms with E-state index in [9.17, 15) is 18.0 Å². The minimum absolute atomic E-state index is 0.0769. The molecule has 6 heteroatoms. The van der Waals surface area contributed by atoms with Crippen LogP contribution in [0, 0.1) is 0 Å². The summed E-state index contributed by atoms with van der Waals surface area (Å²) in [7, 11) is 0. The predicted octanol–water partition coefficient (Wildman–Crippen LogP) is 4.38. The zero-order valence-corrected chi connectivity index (χ0v) is 10.4. The van der Waals surface area contributed by atoms with Gasteiger partial charge in [0.2, 0.25) is 0 Å². The van der Waals surface area contributed by atoms with Crippen LogP contribution in [-0.2, 0) is 11.0 Å². The third kappa shape index (κ3) is 2.77. The molecule has 0 saturated carbocycles. The van der Waals surface area contributed by atoms with Crippen molar-refractivity contribution in [3.05, 3.63) is 34.3 Å². The zero-order valence-electron chi connectivity index (χ0n) is 8.11. The van der Waals surface area contributed by atoms with Crippen LogP contribution in [0.2, 0.25) is 5.02 Å². The van der Waals surface area contributed by atoms with Crippen molar-refractivity contribution in [3.63, 3.8) is 0 Å². The Hall–Kier alpha value is -0.550. The molecule has 0 aliphatic heterocycles. The van der Waals surface area contributed by atoms with Gasteiger partial charge in [0.25, 0.3) is 0 Å². The van der Waals surface area contributed by atoms with E-state index in [0.29, 0.717) is 0 Å². The molecule has 1 unspecified atom stereocenters. The first kappa shape index (κ1) is 13.5. The van der Waals surface area contributed by atoms with Gasteiger partial charge in [-0.1, -0.05) is 33.6 Å². The molecule has 0 fully saturated rings. The van der Waals surface area contributed by atoms with Crippen molar-refractivity contribution in [1.82, 2.24) is 0 Å². The van der Waals surface area contributed by atoms with E-state index >= 15 is 0 Å². The largest absolute Gasteiger partial charge is 0.416 e. The fourth-order valence-corrected chi connectivity index (χ4v) is 2.15. The fourth-order valence-electron chi connectivity index (χ4n) is 1.25. The van der Waals surface area contributed by atoms with E-state index in [2.05, 4.69) is 15.9 Å². The van der Waals surface area contributed by atoms with Gasteiger partial charge in [0.1, 0.15) is 5.78 Å². The molecule has 0 aliphatic rings. The van der Waals surface area contributed by atoms with E-state index in [4.69, 9.17) is 11.6 Å². The first-order valence-corrected chi connectivity index (χ1v) is 5.54. The second-order valence-corrected chi connectivity index (χ2v) is 4.49. The Morgan fingerprint density at radius 3 is 2.44 bits per heavy atom. The summed E-state index contributed by atoms with van der Waals surface area (Å²) in [6.45, 7) is 1.20. The van der Waals surface area contributed by atoms with Gasteiger partial charge in [0.05, 0.1) is 10.4 Å². The van der Waals surface area contributed by atoms with Gasteiger partial charge >= 0.3 is 6.18 Å². The van der Waals surface area contributed by atoms with Crippen molar-refractivity contribution in [2.45, 2.75) is 17.9 Å². The van der Waals surface area contributed by atoms with Crippen molar-refractivity contribution < 1.29 is 18.0 Å². The molecule has 0 heterocycles. The monoisotopic (exact) mass is 314 g/mol. The number of benzene rings is 1. The smallest absolute Gasteiger partial charge is 0.298 e. The average Bonchev–Trinajstić information content (AvgIpc) is 2.14. The van der Waals surface area contributed by atoms with E-state index in [1.807, 2.05) is 0 Å². The summed E-state index contributed by atoms with van der Waals surface area (Å²) in [6.07, 6.45) is -4.53. The molecule has 0 N–H and O–H groups in total. The fraction of sp³-hybridized carbons (Fsp3) is 0.300. The lowest BCUT2D eigenvalue weighted by atomic mass is 10.0. The molecule has 1 aromatic carbocycles. The van der Waals surface area contributed by atoms with Gasteiger partial charge in [-0.25, -0.2) is 0 Å². The molecule has 0 amide bonds. The summed E-state index contributed by atoms with van der Waals surface area (Å²) >= 11 is 8.60. The van der Waals surface area contributed by atoms with Crippen molar-refractivity contribution in [3.8, 4) is 0 Å². The van der Waals surface area contributed by atoms with Crippen LogP contribution < -0.4 is 0 Å². The second kappa shape index (κ2) is 4.75. The Kier molecular flexibility index (Phi) is 4.02.